The Kier molecular flexibility index (Phi) is 7.13. The second kappa shape index (κ2) is 9.46. The van der Waals surface area contributed by atoms with Crippen molar-refractivity contribution in [2.24, 2.45) is 0 Å². The highest BCUT2D eigenvalue weighted by Crippen LogP contribution is 2.30. The van der Waals surface area contributed by atoms with Gasteiger partial charge in [-0.1, -0.05) is 23.2 Å². The van der Waals surface area contributed by atoms with Crippen LogP contribution in [0.2, 0.25) is 10.0 Å². The summed E-state index contributed by atoms with van der Waals surface area (Å²) in [5.74, 6) is -0.850. The largest absolute Gasteiger partial charge is 0.477 e. The highest BCUT2D eigenvalue weighted by molar-refractivity contribution is 7.92. The van der Waals surface area contributed by atoms with Crippen molar-refractivity contribution in [3.05, 3.63) is 57.6 Å². The van der Waals surface area contributed by atoms with Gasteiger partial charge in [-0.05, 0) is 61.7 Å². The summed E-state index contributed by atoms with van der Waals surface area (Å²) < 4.78 is 35.8. The van der Waals surface area contributed by atoms with Crippen LogP contribution < -0.4 is 9.04 Å². The minimum Gasteiger partial charge on any atom is -0.477 e. The number of Topliss-reactive ketones (excluding diaryl/α,β-unsaturated/α-hetero) is 1. The molecule has 0 amide bonds. The van der Waals surface area contributed by atoms with E-state index in [1.54, 1.807) is 18.2 Å². The van der Waals surface area contributed by atoms with Crippen molar-refractivity contribution in [3.8, 4) is 5.75 Å². The number of hydrogen-bond acceptors (Lipinski definition) is 6. The van der Waals surface area contributed by atoms with Crippen LogP contribution in [0.25, 0.3) is 0 Å². The van der Waals surface area contributed by atoms with Crippen molar-refractivity contribution in [1.29, 1.82) is 0 Å². The van der Waals surface area contributed by atoms with Crippen LogP contribution in [0, 0.1) is 0 Å². The number of carbonyl (C=O) groups is 2. The van der Waals surface area contributed by atoms with Crippen LogP contribution in [0.15, 0.2) is 36.4 Å². The van der Waals surface area contributed by atoms with E-state index in [-0.39, 0.29) is 10.8 Å². The molecule has 1 aliphatic heterocycles. The van der Waals surface area contributed by atoms with Crippen molar-refractivity contribution in [2.75, 3.05) is 23.7 Å². The molecule has 31 heavy (non-hydrogen) atoms. The van der Waals surface area contributed by atoms with Crippen molar-refractivity contribution in [3.63, 3.8) is 0 Å². The van der Waals surface area contributed by atoms with Gasteiger partial charge in [0.15, 0.2) is 18.5 Å². The van der Waals surface area contributed by atoms with E-state index in [9.17, 15) is 18.0 Å². The fraction of sp³-hybridized carbons (Fsp3) is 0.333. The normalized spacial score (nSPS) is 14.5. The number of nitrogens with zero attached hydrogens (tertiary/aromatic N) is 1. The number of aryl methyl sites for hydroxylation is 1. The summed E-state index contributed by atoms with van der Waals surface area (Å²) in [6.07, 6.45) is 1.49. The minimum absolute atomic E-state index is 0.250. The zero-order valence-electron chi connectivity index (χ0n) is 16.9. The van der Waals surface area contributed by atoms with Crippen LogP contribution in [0.5, 0.6) is 5.75 Å². The van der Waals surface area contributed by atoms with E-state index < -0.39 is 34.5 Å². The van der Waals surface area contributed by atoms with E-state index in [0.29, 0.717) is 35.7 Å². The molecule has 0 aliphatic carbocycles. The lowest BCUT2D eigenvalue weighted by molar-refractivity contribution is -0.149. The van der Waals surface area contributed by atoms with Gasteiger partial charge in [-0.15, -0.1) is 0 Å². The van der Waals surface area contributed by atoms with Crippen LogP contribution in [-0.2, 0) is 26.0 Å². The van der Waals surface area contributed by atoms with Gasteiger partial charge in [0.05, 0.1) is 17.0 Å². The number of rotatable bonds is 7. The number of ether oxygens (including phenoxy) is 2. The molecule has 0 fully saturated rings. The molecule has 0 aromatic heterocycles. The predicted molar refractivity (Wildman–Crippen MR) is 119 cm³/mol. The second-order valence-corrected chi connectivity index (χ2v) is 9.90. The van der Waals surface area contributed by atoms with E-state index >= 15 is 0 Å². The standard InChI is InChI=1S/C21H21Cl2NO6S/c1-13(30-20-8-6-16(22)11-17(20)23)21(26)29-12-19(25)15-5-7-18-14(10-15)4-3-9-24(18)31(2,27)28/h5-8,10-11,13H,3-4,9,12H2,1-2H3. The van der Waals surface area contributed by atoms with Gasteiger partial charge < -0.3 is 9.47 Å². The van der Waals surface area contributed by atoms with Gasteiger partial charge in [-0.2, -0.15) is 0 Å². The minimum atomic E-state index is -3.39. The molecule has 2 aromatic rings. The van der Waals surface area contributed by atoms with E-state index in [4.69, 9.17) is 32.7 Å². The van der Waals surface area contributed by atoms with Crippen molar-refractivity contribution in [1.82, 2.24) is 0 Å². The molecule has 0 spiro atoms. The summed E-state index contributed by atoms with van der Waals surface area (Å²) in [4.78, 5) is 24.7. The molecular weight excluding hydrogens is 465 g/mol. The molecule has 0 saturated carbocycles. The van der Waals surface area contributed by atoms with E-state index in [1.807, 2.05) is 0 Å². The molecule has 1 unspecified atom stereocenters. The van der Waals surface area contributed by atoms with Crippen LogP contribution in [0.4, 0.5) is 5.69 Å². The predicted octanol–water partition coefficient (Wildman–Crippen LogP) is 3.90. The molecule has 3 rings (SSSR count). The molecule has 0 bridgehead atoms. The van der Waals surface area contributed by atoms with Gasteiger partial charge in [0, 0.05) is 17.1 Å². The third-order valence-electron chi connectivity index (χ3n) is 4.75. The van der Waals surface area contributed by atoms with Gasteiger partial charge in [-0.25, -0.2) is 13.2 Å². The van der Waals surface area contributed by atoms with Gasteiger partial charge in [0.25, 0.3) is 0 Å². The lowest BCUT2D eigenvalue weighted by Crippen LogP contribution is -2.34. The van der Waals surface area contributed by atoms with Crippen LogP contribution in [0.1, 0.15) is 29.3 Å². The summed E-state index contributed by atoms with van der Waals surface area (Å²) in [6, 6.07) is 9.39. The zero-order chi connectivity index (χ0) is 22.8. The highest BCUT2D eigenvalue weighted by atomic mass is 35.5. The SMILES string of the molecule is CC(Oc1ccc(Cl)cc1Cl)C(=O)OCC(=O)c1ccc2c(c1)CCCN2S(C)(=O)=O. The number of hydrogen-bond donors (Lipinski definition) is 0. The quantitative estimate of drug-likeness (QED) is 0.436. The maximum Gasteiger partial charge on any atom is 0.347 e. The van der Waals surface area contributed by atoms with Crippen LogP contribution in [0.3, 0.4) is 0 Å². The van der Waals surface area contributed by atoms with E-state index in [1.165, 1.54) is 29.4 Å². The molecule has 1 heterocycles. The van der Waals surface area contributed by atoms with Gasteiger partial charge in [0.1, 0.15) is 5.75 Å². The lowest BCUT2D eigenvalue weighted by Gasteiger charge is -2.29. The molecule has 0 N–H and O–H groups in total. The van der Waals surface area contributed by atoms with Crippen LogP contribution >= 0.6 is 23.2 Å². The molecule has 10 heteroatoms. The Balaban J connectivity index is 1.62. The Morgan fingerprint density at radius 2 is 1.90 bits per heavy atom. The number of ketones is 1. The monoisotopic (exact) mass is 485 g/mol. The topological polar surface area (TPSA) is 90.0 Å². The number of sulfonamides is 1. The summed E-state index contributed by atoms with van der Waals surface area (Å²) in [5, 5.41) is 0.684. The number of esters is 1. The second-order valence-electron chi connectivity index (χ2n) is 7.15. The summed E-state index contributed by atoms with van der Waals surface area (Å²) >= 11 is 11.9. The number of halogens is 2. The smallest absolute Gasteiger partial charge is 0.347 e. The van der Waals surface area contributed by atoms with Gasteiger partial charge in [-0.3, -0.25) is 9.10 Å². The van der Waals surface area contributed by atoms with Crippen molar-refractivity contribution >= 4 is 50.7 Å². The average Bonchev–Trinajstić information content (AvgIpc) is 2.72. The third-order valence-corrected chi connectivity index (χ3v) is 6.46. The third kappa shape index (κ3) is 5.70. The molecule has 166 valence electrons. The first-order valence-electron chi connectivity index (χ1n) is 9.48. The maximum atomic E-state index is 12.5. The van der Waals surface area contributed by atoms with Crippen LogP contribution in [-0.4, -0.2) is 45.7 Å². The van der Waals surface area contributed by atoms with E-state index in [2.05, 4.69) is 0 Å². The molecule has 2 aromatic carbocycles. The van der Waals surface area contributed by atoms with Crippen molar-refractivity contribution in [2.45, 2.75) is 25.9 Å². The van der Waals surface area contributed by atoms with E-state index in [0.717, 1.165) is 11.8 Å². The molecule has 1 aliphatic rings. The van der Waals surface area contributed by atoms with Crippen molar-refractivity contribution < 1.29 is 27.5 Å². The highest BCUT2D eigenvalue weighted by Gasteiger charge is 2.25. The number of anilines is 1. The zero-order valence-corrected chi connectivity index (χ0v) is 19.3. The lowest BCUT2D eigenvalue weighted by atomic mass is 9.99. The Hall–Kier alpha value is -2.29. The number of benzene rings is 2. The Morgan fingerprint density at radius 1 is 1.16 bits per heavy atom. The molecule has 0 radical (unpaired) electrons. The Morgan fingerprint density at radius 3 is 2.58 bits per heavy atom. The Labute approximate surface area is 190 Å². The number of carbonyl (C=O) groups excluding carboxylic acids is 2. The fourth-order valence-corrected chi connectivity index (χ4v) is 4.68. The summed E-state index contributed by atoms with van der Waals surface area (Å²) in [7, 11) is -3.39. The first-order valence-corrected chi connectivity index (χ1v) is 12.1. The van der Waals surface area contributed by atoms with Gasteiger partial charge in [0.2, 0.25) is 10.0 Å². The summed E-state index contributed by atoms with van der Waals surface area (Å²) in [6.45, 7) is 1.43. The first kappa shape index (κ1) is 23.4. The molecule has 0 saturated heterocycles. The summed E-state index contributed by atoms with van der Waals surface area (Å²) in [5.41, 5.74) is 1.68. The van der Waals surface area contributed by atoms with Gasteiger partial charge >= 0.3 is 5.97 Å². The fourth-order valence-electron chi connectivity index (χ4n) is 3.23. The molecule has 1 atom stereocenters. The Bertz CT molecular complexity index is 1120. The molecule has 7 nitrogen and oxygen atoms in total. The average molecular weight is 486 g/mol. The first-order chi connectivity index (χ1) is 14.6. The maximum absolute atomic E-state index is 12.5. The number of fused-ring (bicyclic) bond motifs is 1. The molecular formula is C21H21Cl2NO6S.